The number of rotatable bonds is 6. The summed E-state index contributed by atoms with van der Waals surface area (Å²) in [5, 5.41) is 9.02. The Morgan fingerprint density at radius 3 is 2.96 bits per heavy atom. The molecule has 2 aromatic rings. The van der Waals surface area contributed by atoms with E-state index in [1.807, 2.05) is 17.0 Å². The number of hydrogen-bond donors (Lipinski definition) is 2. The Balaban J connectivity index is 1.37. The van der Waals surface area contributed by atoms with Gasteiger partial charge >= 0.3 is 6.03 Å². The van der Waals surface area contributed by atoms with Crippen molar-refractivity contribution >= 4 is 33.4 Å². The van der Waals surface area contributed by atoms with Crippen LogP contribution in [0.4, 0.5) is 4.79 Å². The van der Waals surface area contributed by atoms with Gasteiger partial charge in [0.15, 0.2) is 0 Å². The molecule has 6 heteroatoms. The molecule has 1 aliphatic rings. The molecule has 2 heterocycles. The van der Waals surface area contributed by atoms with Gasteiger partial charge in [-0.05, 0) is 35.2 Å². The summed E-state index contributed by atoms with van der Waals surface area (Å²) < 4.78 is 1.24. The van der Waals surface area contributed by atoms with Crippen LogP contribution in [0.3, 0.4) is 0 Å². The number of fused-ring (bicyclic) bond motifs is 1. The fourth-order valence-corrected chi connectivity index (χ4v) is 3.78. The number of thiophene rings is 1. The molecule has 23 heavy (non-hydrogen) atoms. The predicted molar refractivity (Wildman–Crippen MR) is 92.5 cm³/mol. The second-order valence-corrected chi connectivity index (χ2v) is 6.62. The van der Waals surface area contributed by atoms with Crippen molar-refractivity contribution in [3.05, 3.63) is 35.2 Å². The maximum Gasteiger partial charge on any atom is 0.315 e. The summed E-state index contributed by atoms with van der Waals surface area (Å²) in [5.74, 6) is 0.235. The Bertz CT molecular complexity index is 698. The number of nitrogens with zero attached hydrogens (tertiary/aromatic N) is 1. The number of carbonyl (C=O) groups excluding carboxylic acids is 2. The van der Waals surface area contributed by atoms with Gasteiger partial charge < -0.3 is 15.5 Å². The van der Waals surface area contributed by atoms with Crippen LogP contribution in [-0.4, -0.2) is 36.5 Å². The van der Waals surface area contributed by atoms with Crippen LogP contribution in [0.25, 0.3) is 10.1 Å². The van der Waals surface area contributed by atoms with Gasteiger partial charge in [0, 0.05) is 37.3 Å². The SMILES string of the molecule is O=C(NCCCN1CCCC1=O)NCc1csc2ccccc12. The fourth-order valence-electron chi connectivity index (χ4n) is 2.82. The van der Waals surface area contributed by atoms with E-state index in [1.165, 1.54) is 10.1 Å². The third-order valence-corrected chi connectivity index (χ3v) is 5.07. The van der Waals surface area contributed by atoms with Crippen LogP contribution in [0.5, 0.6) is 0 Å². The van der Waals surface area contributed by atoms with Crippen molar-refractivity contribution in [3.8, 4) is 0 Å². The molecule has 122 valence electrons. The molecule has 2 N–H and O–H groups in total. The lowest BCUT2D eigenvalue weighted by atomic mass is 10.2. The zero-order valence-electron chi connectivity index (χ0n) is 13.0. The van der Waals surface area contributed by atoms with Crippen molar-refractivity contribution in [2.24, 2.45) is 0 Å². The molecule has 0 atom stereocenters. The van der Waals surface area contributed by atoms with Crippen LogP contribution in [0.15, 0.2) is 29.6 Å². The van der Waals surface area contributed by atoms with E-state index in [0.29, 0.717) is 19.5 Å². The van der Waals surface area contributed by atoms with Gasteiger partial charge in [0.1, 0.15) is 0 Å². The number of likely N-dealkylation sites (tertiary alicyclic amines) is 1. The molecule has 5 nitrogen and oxygen atoms in total. The highest BCUT2D eigenvalue weighted by Crippen LogP contribution is 2.25. The van der Waals surface area contributed by atoms with E-state index >= 15 is 0 Å². The molecule has 1 aromatic heterocycles. The number of benzene rings is 1. The van der Waals surface area contributed by atoms with Gasteiger partial charge in [-0.2, -0.15) is 0 Å². The van der Waals surface area contributed by atoms with Crippen molar-refractivity contribution in [1.29, 1.82) is 0 Å². The molecular formula is C17H21N3O2S. The highest BCUT2D eigenvalue weighted by atomic mass is 32.1. The normalized spacial score (nSPS) is 14.4. The van der Waals surface area contributed by atoms with Crippen molar-refractivity contribution in [2.75, 3.05) is 19.6 Å². The Kier molecular flexibility index (Phi) is 5.12. The molecule has 3 amide bonds. The first-order chi connectivity index (χ1) is 11.2. The number of nitrogens with one attached hydrogen (secondary N) is 2. The molecule has 3 rings (SSSR count). The Hall–Kier alpha value is -2.08. The fraction of sp³-hybridized carbons (Fsp3) is 0.412. The van der Waals surface area contributed by atoms with Gasteiger partial charge in [-0.25, -0.2) is 4.79 Å². The zero-order chi connectivity index (χ0) is 16.1. The molecule has 1 aliphatic heterocycles. The molecule has 0 saturated carbocycles. The third-order valence-electron chi connectivity index (χ3n) is 4.06. The largest absolute Gasteiger partial charge is 0.343 e. The van der Waals surface area contributed by atoms with Crippen molar-refractivity contribution in [1.82, 2.24) is 15.5 Å². The number of amides is 3. The van der Waals surface area contributed by atoms with E-state index in [2.05, 4.69) is 28.1 Å². The lowest BCUT2D eigenvalue weighted by Crippen LogP contribution is -2.37. The molecular weight excluding hydrogens is 310 g/mol. The Labute approximate surface area is 139 Å². The summed E-state index contributed by atoms with van der Waals surface area (Å²) in [6.07, 6.45) is 2.42. The quantitative estimate of drug-likeness (QED) is 0.800. The van der Waals surface area contributed by atoms with E-state index < -0.39 is 0 Å². The van der Waals surface area contributed by atoms with Crippen LogP contribution >= 0.6 is 11.3 Å². The topological polar surface area (TPSA) is 61.4 Å². The first-order valence-corrected chi connectivity index (χ1v) is 8.86. The number of hydrogen-bond acceptors (Lipinski definition) is 3. The minimum atomic E-state index is -0.159. The average molecular weight is 331 g/mol. The summed E-state index contributed by atoms with van der Waals surface area (Å²) in [5.41, 5.74) is 1.14. The molecule has 0 aliphatic carbocycles. The van der Waals surface area contributed by atoms with Gasteiger partial charge in [0.2, 0.25) is 5.91 Å². The Morgan fingerprint density at radius 1 is 1.26 bits per heavy atom. The van der Waals surface area contributed by atoms with Gasteiger partial charge in [0.25, 0.3) is 0 Å². The minimum absolute atomic E-state index is 0.159. The summed E-state index contributed by atoms with van der Waals surface area (Å²) in [4.78, 5) is 25.2. The summed E-state index contributed by atoms with van der Waals surface area (Å²) in [6.45, 7) is 2.70. The maximum absolute atomic E-state index is 11.8. The standard InChI is InChI=1S/C17H21N3O2S/c21-16-7-3-9-20(16)10-4-8-18-17(22)19-11-13-12-23-15-6-2-1-5-14(13)15/h1-2,5-6,12H,3-4,7-11H2,(H2,18,19,22). The smallest absolute Gasteiger partial charge is 0.315 e. The third kappa shape index (κ3) is 4.01. The Morgan fingerprint density at radius 2 is 2.13 bits per heavy atom. The first-order valence-electron chi connectivity index (χ1n) is 7.98. The lowest BCUT2D eigenvalue weighted by molar-refractivity contribution is -0.127. The number of carbonyl (C=O) groups is 2. The number of urea groups is 1. The predicted octanol–water partition coefficient (Wildman–Crippen LogP) is 2.71. The van der Waals surface area contributed by atoms with Gasteiger partial charge in [-0.1, -0.05) is 18.2 Å². The van der Waals surface area contributed by atoms with Crippen molar-refractivity contribution in [2.45, 2.75) is 25.8 Å². The lowest BCUT2D eigenvalue weighted by Gasteiger charge is -2.15. The zero-order valence-corrected chi connectivity index (χ0v) is 13.8. The highest BCUT2D eigenvalue weighted by Gasteiger charge is 2.18. The van der Waals surface area contributed by atoms with E-state index in [9.17, 15) is 9.59 Å². The molecule has 1 aromatic carbocycles. The molecule has 0 unspecified atom stereocenters. The van der Waals surface area contributed by atoms with Crippen LogP contribution in [0.1, 0.15) is 24.8 Å². The maximum atomic E-state index is 11.8. The van der Waals surface area contributed by atoms with E-state index in [0.717, 1.165) is 31.5 Å². The highest BCUT2D eigenvalue weighted by molar-refractivity contribution is 7.17. The minimum Gasteiger partial charge on any atom is -0.343 e. The van der Waals surface area contributed by atoms with Gasteiger partial charge in [-0.3, -0.25) is 4.79 Å². The molecule has 0 bridgehead atoms. The van der Waals surface area contributed by atoms with E-state index in [-0.39, 0.29) is 11.9 Å². The second-order valence-electron chi connectivity index (χ2n) is 5.70. The van der Waals surface area contributed by atoms with Gasteiger partial charge in [-0.15, -0.1) is 11.3 Å². The monoisotopic (exact) mass is 331 g/mol. The van der Waals surface area contributed by atoms with Crippen LogP contribution in [-0.2, 0) is 11.3 Å². The average Bonchev–Trinajstić information content (AvgIpc) is 3.16. The molecule has 0 spiro atoms. The van der Waals surface area contributed by atoms with Crippen LogP contribution in [0, 0.1) is 0 Å². The molecule has 1 fully saturated rings. The van der Waals surface area contributed by atoms with Crippen molar-refractivity contribution < 1.29 is 9.59 Å². The van der Waals surface area contributed by atoms with Gasteiger partial charge in [0.05, 0.1) is 0 Å². The van der Waals surface area contributed by atoms with Crippen LogP contribution < -0.4 is 10.6 Å². The first kappa shape index (κ1) is 15.8. The summed E-state index contributed by atoms with van der Waals surface area (Å²) in [6, 6.07) is 8.04. The summed E-state index contributed by atoms with van der Waals surface area (Å²) >= 11 is 1.69. The summed E-state index contributed by atoms with van der Waals surface area (Å²) in [7, 11) is 0. The van der Waals surface area contributed by atoms with Crippen molar-refractivity contribution in [3.63, 3.8) is 0 Å². The van der Waals surface area contributed by atoms with E-state index in [4.69, 9.17) is 0 Å². The molecule has 0 radical (unpaired) electrons. The van der Waals surface area contributed by atoms with E-state index in [1.54, 1.807) is 11.3 Å². The second kappa shape index (κ2) is 7.46. The van der Waals surface area contributed by atoms with Crippen LogP contribution in [0.2, 0.25) is 0 Å². The molecule has 1 saturated heterocycles.